The maximum Gasteiger partial charge on any atom is 0.238 e. The maximum absolute atomic E-state index is 12.0. The van der Waals surface area contributed by atoms with Crippen molar-refractivity contribution in [3.05, 3.63) is 34.9 Å². The minimum absolute atomic E-state index is 0.0215. The van der Waals surface area contributed by atoms with Gasteiger partial charge in [0.1, 0.15) is 6.04 Å². The fourth-order valence-electron chi connectivity index (χ4n) is 2.02. The molecule has 0 aromatic heterocycles. The van der Waals surface area contributed by atoms with E-state index >= 15 is 0 Å². The van der Waals surface area contributed by atoms with Crippen molar-refractivity contribution in [1.29, 1.82) is 0 Å². The smallest absolute Gasteiger partial charge is 0.238 e. The quantitative estimate of drug-likeness (QED) is 0.905. The Hall–Kier alpha value is -1.11. The highest BCUT2D eigenvalue weighted by Gasteiger charge is 2.38. The molecule has 1 atom stereocenters. The van der Waals surface area contributed by atoms with Gasteiger partial charge in [0.2, 0.25) is 15.9 Å². The molecule has 1 aromatic rings. The van der Waals surface area contributed by atoms with Crippen molar-refractivity contribution in [2.45, 2.75) is 19.0 Å². The third kappa shape index (κ3) is 3.08. The Morgan fingerprint density at radius 2 is 2.16 bits per heavy atom. The van der Waals surface area contributed by atoms with Gasteiger partial charge in [-0.3, -0.25) is 4.79 Å². The van der Waals surface area contributed by atoms with Crippen LogP contribution in [0.5, 0.6) is 0 Å². The van der Waals surface area contributed by atoms with Gasteiger partial charge < -0.3 is 5.32 Å². The molecule has 1 amide bonds. The Bertz CT molecular complexity index is 588. The van der Waals surface area contributed by atoms with Crippen molar-refractivity contribution in [3.63, 3.8) is 0 Å². The first-order valence-corrected chi connectivity index (χ1v) is 7.87. The fourth-order valence-corrected chi connectivity index (χ4v) is 3.62. The SMILES string of the molecule is CN1[C@H](C(=O)NCc2ccccc2Cl)CCS1(=O)=O. The van der Waals surface area contributed by atoms with Crippen LogP contribution in [0.2, 0.25) is 5.02 Å². The zero-order valence-electron chi connectivity index (χ0n) is 10.5. The number of amides is 1. The molecule has 1 heterocycles. The zero-order valence-corrected chi connectivity index (χ0v) is 12.0. The summed E-state index contributed by atoms with van der Waals surface area (Å²) >= 11 is 5.98. The van der Waals surface area contributed by atoms with Gasteiger partial charge in [0.15, 0.2) is 0 Å². The second kappa shape index (κ2) is 5.48. The van der Waals surface area contributed by atoms with E-state index in [0.29, 0.717) is 18.0 Å². The summed E-state index contributed by atoms with van der Waals surface area (Å²) in [6.07, 6.45) is 0.327. The van der Waals surface area contributed by atoms with Crippen LogP contribution in [0.15, 0.2) is 24.3 Å². The van der Waals surface area contributed by atoms with Crippen LogP contribution in [0.25, 0.3) is 0 Å². The predicted octanol–water partition coefficient (Wildman–Crippen LogP) is 0.990. The van der Waals surface area contributed by atoms with Gasteiger partial charge in [0.25, 0.3) is 0 Å². The van der Waals surface area contributed by atoms with Crippen molar-refractivity contribution in [1.82, 2.24) is 9.62 Å². The number of nitrogens with zero attached hydrogens (tertiary/aromatic N) is 1. The lowest BCUT2D eigenvalue weighted by Crippen LogP contribution is -2.42. The molecular weight excluding hydrogens is 288 g/mol. The van der Waals surface area contributed by atoms with E-state index in [-0.39, 0.29) is 11.7 Å². The zero-order chi connectivity index (χ0) is 14.0. The van der Waals surface area contributed by atoms with E-state index in [1.54, 1.807) is 6.07 Å². The standard InChI is InChI=1S/C12H15ClN2O3S/c1-15-11(6-7-19(15,17)18)12(16)14-8-9-4-2-3-5-10(9)13/h2-5,11H,6-8H2,1H3,(H,14,16)/t11-/m0/s1. The first-order chi connectivity index (χ1) is 8.92. The molecule has 104 valence electrons. The van der Waals surface area contributed by atoms with E-state index in [2.05, 4.69) is 5.32 Å². The molecule has 1 aromatic carbocycles. The number of rotatable bonds is 3. The molecule has 0 spiro atoms. The monoisotopic (exact) mass is 302 g/mol. The molecule has 2 rings (SSSR count). The second-order valence-electron chi connectivity index (χ2n) is 4.45. The van der Waals surface area contributed by atoms with Crippen molar-refractivity contribution in [2.75, 3.05) is 12.8 Å². The third-order valence-electron chi connectivity index (χ3n) is 3.24. The minimum atomic E-state index is -3.26. The van der Waals surface area contributed by atoms with Gasteiger partial charge in [-0.25, -0.2) is 8.42 Å². The van der Waals surface area contributed by atoms with E-state index < -0.39 is 16.1 Å². The first-order valence-electron chi connectivity index (χ1n) is 5.88. The van der Waals surface area contributed by atoms with Crippen LogP contribution in [-0.4, -0.2) is 37.5 Å². The summed E-state index contributed by atoms with van der Waals surface area (Å²) in [7, 11) is -1.83. The lowest BCUT2D eigenvalue weighted by Gasteiger charge is -2.17. The van der Waals surface area contributed by atoms with Crippen LogP contribution in [-0.2, 0) is 21.4 Å². The average molecular weight is 303 g/mol. The normalized spacial score (nSPS) is 22.3. The molecule has 1 saturated heterocycles. The van der Waals surface area contributed by atoms with Crippen LogP contribution >= 0.6 is 11.6 Å². The molecule has 0 unspecified atom stereocenters. The van der Waals surface area contributed by atoms with Crippen LogP contribution in [0, 0.1) is 0 Å². The van der Waals surface area contributed by atoms with Gasteiger partial charge in [-0.1, -0.05) is 29.8 Å². The van der Waals surface area contributed by atoms with Crippen LogP contribution in [0.1, 0.15) is 12.0 Å². The molecule has 1 fully saturated rings. The number of sulfonamides is 1. The Morgan fingerprint density at radius 1 is 1.47 bits per heavy atom. The van der Waals surface area contributed by atoms with Crippen LogP contribution in [0.3, 0.4) is 0 Å². The summed E-state index contributed by atoms with van der Waals surface area (Å²) in [5, 5.41) is 3.30. The van der Waals surface area contributed by atoms with Crippen molar-refractivity contribution >= 4 is 27.5 Å². The van der Waals surface area contributed by atoms with Gasteiger partial charge in [-0.05, 0) is 18.1 Å². The van der Waals surface area contributed by atoms with Gasteiger partial charge in [-0.2, -0.15) is 4.31 Å². The molecular formula is C12H15ClN2O3S. The summed E-state index contributed by atoms with van der Waals surface area (Å²) in [6.45, 7) is 0.295. The Morgan fingerprint density at radius 3 is 2.74 bits per heavy atom. The predicted molar refractivity (Wildman–Crippen MR) is 73.3 cm³/mol. The van der Waals surface area contributed by atoms with E-state index in [4.69, 9.17) is 11.6 Å². The highest BCUT2D eigenvalue weighted by atomic mass is 35.5. The molecule has 0 aliphatic carbocycles. The fraction of sp³-hybridized carbons (Fsp3) is 0.417. The van der Waals surface area contributed by atoms with E-state index in [1.807, 2.05) is 18.2 Å². The van der Waals surface area contributed by atoms with E-state index in [9.17, 15) is 13.2 Å². The summed E-state index contributed by atoms with van der Waals surface area (Å²) < 4.78 is 24.2. The number of carbonyl (C=O) groups is 1. The van der Waals surface area contributed by atoms with Gasteiger partial charge >= 0.3 is 0 Å². The summed E-state index contributed by atoms with van der Waals surface area (Å²) in [4.78, 5) is 12.0. The Labute approximate surface area is 117 Å². The lowest BCUT2D eigenvalue weighted by atomic mass is 10.2. The number of hydrogen-bond donors (Lipinski definition) is 1. The van der Waals surface area contributed by atoms with Crippen molar-refractivity contribution in [2.24, 2.45) is 0 Å². The van der Waals surface area contributed by atoms with Crippen LogP contribution in [0.4, 0.5) is 0 Å². The maximum atomic E-state index is 12.0. The minimum Gasteiger partial charge on any atom is -0.351 e. The summed E-state index contributed by atoms with van der Waals surface area (Å²) in [6, 6.07) is 6.59. The molecule has 19 heavy (non-hydrogen) atoms. The molecule has 1 aliphatic heterocycles. The first kappa shape index (κ1) is 14.3. The lowest BCUT2D eigenvalue weighted by molar-refractivity contribution is -0.124. The van der Waals surface area contributed by atoms with Crippen LogP contribution < -0.4 is 5.32 Å². The Balaban J connectivity index is 1.98. The van der Waals surface area contributed by atoms with E-state index in [0.717, 1.165) is 9.87 Å². The topological polar surface area (TPSA) is 66.5 Å². The highest BCUT2D eigenvalue weighted by Crippen LogP contribution is 2.19. The van der Waals surface area contributed by atoms with Gasteiger partial charge in [-0.15, -0.1) is 0 Å². The largest absolute Gasteiger partial charge is 0.351 e. The van der Waals surface area contributed by atoms with Crippen molar-refractivity contribution < 1.29 is 13.2 Å². The number of likely N-dealkylation sites (N-methyl/N-ethyl adjacent to an activating group) is 1. The molecule has 0 saturated carbocycles. The highest BCUT2D eigenvalue weighted by molar-refractivity contribution is 7.89. The molecule has 0 bridgehead atoms. The number of hydrogen-bond acceptors (Lipinski definition) is 3. The number of carbonyl (C=O) groups excluding carboxylic acids is 1. The Kier molecular flexibility index (Phi) is 4.13. The van der Waals surface area contributed by atoms with Gasteiger partial charge in [0.05, 0.1) is 5.75 Å². The molecule has 7 heteroatoms. The van der Waals surface area contributed by atoms with E-state index in [1.165, 1.54) is 7.05 Å². The number of benzene rings is 1. The summed E-state index contributed by atoms with van der Waals surface area (Å²) in [5.41, 5.74) is 0.807. The molecule has 1 aliphatic rings. The average Bonchev–Trinajstić information content (AvgIpc) is 2.63. The second-order valence-corrected chi connectivity index (χ2v) is 7.00. The third-order valence-corrected chi connectivity index (χ3v) is 5.49. The number of halogens is 1. The summed E-state index contributed by atoms with van der Waals surface area (Å²) in [5.74, 6) is -0.267. The van der Waals surface area contributed by atoms with Gasteiger partial charge in [0, 0.05) is 18.6 Å². The van der Waals surface area contributed by atoms with Crippen molar-refractivity contribution in [3.8, 4) is 0 Å². The molecule has 1 N–H and O–H groups in total. The number of nitrogens with one attached hydrogen (secondary N) is 1. The molecule has 0 radical (unpaired) electrons. The molecule has 5 nitrogen and oxygen atoms in total.